The van der Waals surface area contributed by atoms with Crippen LogP contribution in [-0.2, 0) is 14.3 Å². The average Bonchev–Trinajstić information content (AvgIpc) is 2.62. The third-order valence-electron chi connectivity index (χ3n) is 3.51. The Labute approximate surface area is 153 Å². The summed E-state index contributed by atoms with van der Waals surface area (Å²) in [4.78, 5) is 23.7. The first-order chi connectivity index (χ1) is 12.5. The van der Waals surface area contributed by atoms with Crippen LogP contribution in [0.3, 0.4) is 0 Å². The minimum atomic E-state index is -0.632. The van der Waals surface area contributed by atoms with Gasteiger partial charge in [0.05, 0.1) is 6.61 Å². The second-order valence-corrected chi connectivity index (χ2v) is 5.70. The number of para-hydroxylation sites is 2. The molecule has 0 heterocycles. The van der Waals surface area contributed by atoms with Gasteiger partial charge in [-0.1, -0.05) is 29.8 Å². The minimum Gasteiger partial charge on any atom is -0.490 e. The number of carbonyl (C=O) groups is 2. The maximum absolute atomic E-state index is 11.9. The van der Waals surface area contributed by atoms with Crippen LogP contribution in [0.2, 0.25) is 0 Å². The number of aryl methyl sites for hydroxylation is 2. The largest absolute Gasteiger partial charge is 0.490 e. The van der Waals surface area contributed by atoms with E-state index in [1.54, 1.807) is 18.2 Å². The zero-order chi connectivity index (χ0) is 18.9. The Morgan fingerprint density at radius 3 is 2.31 bits per heavy atom. The van der Waals surface area contributed by atoms with Crippen molar-refractivity contribution in [2.24, 2.45) is 0 Å². The number of benzene rings is 2. The van der Waals surface area contributed by atoms with E-state index in [1.807, 2.05) is 45.0 Å². The molecule has 0 fully saturated rings. The molecular formula is C20H23NO5. The van der Waals surface area contributed by atoms with E-state index in [1.165, 1.54) is 0 Å². The molecule has 0 aromatic heterocycles. The number of amides is 1. The van der Waals surface area contributed by atoms with Gasteiger partial charge in [0, 0.05) is 5.69 Å². The second-order valence-electron chi connectivity index (χ2n) is 5.70. The first kappa shape index (κ1) is 19.3. The molecule has 26 heavy (non-hydrogen) atoms. The monoisotopic (exact) mass is 357 g/mol. The first-order valence-corrected chi connectivity index (χ1v) is 8.37. The van der Waals surface area contributed by atoms with E-state index in [0.717, 1.165) is 11.1 Å². The summed E-state index contributed by atoms with van der Waals surface area (Å²) in [7, 11) is 0. The lowest BCUT2D eigenvalue weighted by molar-refractivity contribution is -0.149. The summed E-state index contributed by atoms with van der Waals surface area (Å²) in [5.74, 6) is -0.0338. The van der Waals surface area contributed by atoms with Crippen molar-refractivity contribution in [2.75, 3.05) is 25.1 Å². The smallest absolute Gasteiger partial charge is 0.344 e. The normalized spacial score (nSPS) is 10.1. The van der Waals surface area contributed by atoms with Crippen LogP contribution in [0.15, 0.2) is 42.5 Å². The number of hydrogen-bond acceptors (Lipinski definition) is 5. The van der Waals surface area contributed by atoms with E-state index in [0.29, 0.717) is 23.8 Å². The summed E-state index contributed by atoms with van der Waals surface area (Å²) < 4.78 is 15.8. The highest BCUT2D eigenvalue weighted by molar-refractivity contribution is 5.93. The zero-order valence-electron chi connectivity index (χ0n) is 15.2. The van der Waals surface area contributed by atoms with Crippen molar-refractivity contribution >= 4 is 17.6 Å². The number of esters is 1. The van der Waals surface area contributed by atoms with Gasteiger partial charge in [-0.15, -0.1) is 0 Å². The Hall–Kier alpha value is -3.02. The fourth-order valence-corrected chi connectivity index (χ4v) is 2.31. The van der Waals surface area contributed by atoms with Crippen LogP contribution in [0.5, 0.6) is 11.5 Å². The molecule has 2 rings (SSSR count). The Morgan fingerprint density at radius 2 is 1.65 bits per heavy atom. The van der Waals surface area contributed by atoms with Crippen LogP contribution in [-0.4, -0.2) is 31.7 Å². The molecule has 0 saturated heterocycles. The zero-order valence-corrected chi connectivity index (χ0v) is 15.2. The highest BCUT2D eigenvalue weighted by Crippen LogP contribution is 2.26. The molecule has 138 valence electrons. The lowest BCUT2D eigenvalue weighted by Gasteiger charge is -2.12. The van der Waals surface area contributed by atoms with E-state index in [9.17, 15) is 9.59 Å². The molecule has 6 nitrogen and oxygen atoms in total. The van der Waals surface area contributed by atoms with Crippen molar-refractivity contribution < 1.29 is 23.8 Å². The van der Waals surface area contributed by atoms with Crippen molar-refractivity contribution in [1.82, 2.24) is 0 Å². The van der Waals surface area contributed by atoms with Crippen molar-refractivity contribution in [1.29, 1.82) is 0 Å². The number of hydrogen-bond donors (Lipinski definition) is 1. The first-order valence-electron chi connectivity index (χ1n) is 8.37. The molecule has 0 bridgehead atoms. The van der Waals surface area contributed by atoms with Gasteiger partial charge in [0.15, 0.2) is 24.7 Å². The SMILES string of the molecule is CCOc1ccccc1OCC(=O)OCC(=O)Nc1ccc(C)cc1C. The Bertz CT molecular complexity index is 773. The topological polar surface area (TPSA) is 73.9 Å². The highest BCUT2D eigenvalue weighted by Gasteiger charge is 2.11. The van der Waals surface area contributed by atoms with Crippen LogP contribution >= 0.6 is 0 Å². The fraction of sp³-hybridized carbons (Fsp3) is 0.300. The van der Waals surface area contributed by atoms with E-state index in [2.05, 4.69) is 5.32 Å². The standard InChI is InChI=1S/C20H23NO5/c1-4-24-17-7-5-6-8-18(17)25-13-20(23)26-12-19(22)21-16-10-9-14(2)11-15(16)3/h5-11H,4,12-13H2,1-3H3,(H,21,22). The molecular weight excluding hydrogens is 334 g/mol. The summed E-state index contributed by atoms with van der Waals surface area (Å²) in [5, 5.41) is 2.72. The van der Waals surface area contributed by atoms with Gasteiger partial charge in [-0.3, -0.25) is 4.79 Å². The van der Waals surface area contributed by atoms with Crippen LogP contribution in [0.4, 0.5) is 5.69 Å². The Kier molecular flexibility index (Phi) is 7.02. The molecule has 0 unspecified atom stereocenters. The predicted molar refractivity (Wildman–Crippen MR) is 98.6 cm³/mol. The molecule has 0 saturated carbocycles. The minimum absolute atomic E-state index is 0.305. The van der Waals surface area contributed by atoms with Gasteiger partial charge in [-0.05, 0) is 44.5 Å². The molecule has 0 aliphatic heterocycles. The summed E-state index contributed by atoms with van der Waals surface area (Å²) >= 11 is 0. The molecule has 6 heteroatoms. The summed E-state index contributed by atoms with van der Waals surface area (Å²) in [6, 6.07) is 12.7. The average molecular weight is 357 g/mol. The van der Waals surface area contributed by atoms with Gasteiger partial charge in [0.1, 0.15) is 0 Å². The lowest BCUT2D eigenvalue weighted by atomic mass is 10.1. The van der Waals surface area contributed by atoms with Crippen LogP contribution in [0.1, 0.15) is 18.1 Å². The molecule has 0 aliphatic carbocycles. The van der Waals surface area contributed by atoms with Crippen molar-refractivity contribution in [3.63, 3.8) is 0 Å². The Balaban J connectivity index is 1.79. The predicted octanol–water partition coefficient (Wildman–Crippen LogP) is 3.26. The summed E-state index contributed by atoms with van der Waals surface area (Å²) in [6.45, 7) is 5.55. The molecule has 1 amide bonds. The Morgan fingerprint density at radius 1 is 0.962 bits per heavy atom. The summed E-state index contributed by atoms with van der Waals surface area (Å²) in [6.07, 6.45) is 0. The van der Waals surface area contributed by atoms with Crippen molar-refractivity contribution in [2.45, 2.75) is 20.8 Å². The summed E-state index contributed by atoms with van der Waals surface area (Å²) in [5.41, 5.74) is 2.75. The molecule has 0 atom stereocenters. The second kappa shape index (κ2) is 9.46. The number of rotatable bonds is 8. The maximum atomic E-state index is 11.9. The van der Waals surface area contributed by atoms with Gasteiger partial charge in [0.25, 0.3) is 5.91 Å². The van der Waals surface area contributed by atoms with E-state index in [-0.39, 0.29) is 13.2 Å². The van der Waals surface area contributed by atoms with Crippen LogP contribution < -0.4 is 14.8 Å². The molecule has 0 radical (unpaired) electrons. The van der Waals surface area contributed by atoms with Gasteiger partial charge in [0.2, 0.25) is 0 Å². The van der Waals surface area contributed by atoms with E-state index < -0.39 is 11.9 Å². The van der Waals surface area contributed by atoms with Gasteiger partial charge >= 0.3 is 5.97 Å². The molecule has 2 aromatic carbocycles. The number of nitrogens with one attached hydrogen (secondary N) is 1. The van der Waals surface area contributed by atoms with Gasteiger partial charge in [-0.25, -0.2) is 4.79 Å². The molecule has 0 spiro atoms. The van der Waals surface area contributed by atoms with Crippen LogP contribution in [0.25, 0.3) is 0 Å². The number of anilines is 1. The molecule has 1 N–H and O–H groups in total. The third-order valence-corrected chi connectivity index (χ3v) is 3.51. The number of carbonyl (C=O) groups excluding carboxylic acids is 2. The molecule has 2 aromatic rings. The van der Waals surface area contributed by atoms with Crippen molar-refractivity contribution in [3.05, 3.63) is 53.6 Å². The third kappa shape index (κ3) is 5.81. The highest BCUT2D eigenvalue weighted by atomic mass is 16.6. The maximum Gasteiger partial charge on any atom is 0.344 e. The fourth-order valence-electron chi connectivity index (χ4n) is 2.31. The molecule has 0 aliphatic rings. The van der Waals surface area contributed by atoms with E-state index in [4.69, 9.17) is 14.2 Å². The van der Waals surface area contributed by atoms with Gasteiger partial charge < -0.3 is 19.5 Å². The van der Waals surface area contributed by atoms with Gasteiger partial charge in [-0.2, -0.15) is 0 Å². The quantitative estimate of drug-likeness (QED) is 0.734. The lowest BCUT2D eigenvalue weighted by Crippen LogP contribution is -2.24. The van der Waals surface area contributed by atoms with Crippen LogP contribution in [0, 0.1) is 13.8 Å². The van der Waals surface area contributed by atoms with E-state index >= 15 is 0 Å². The van der Waals surface area contributed by atoms with Crippen molar-refractivity contribution in [3.8, 4) is 11.5 Å². The number of ether oxygens (including phenoxy) is 3.